The quantitative estimate of drug-likeness (QED) is 0.520. The van der Waals surface area contributed by atoms with Gasteiger partial charge in [-0.25, -0.2) is 17.5 Å². The number of halogens is 4. The first-order chi connectivity index (χ1) is 12.6. The Morgan fingerprint density at radius 2 is 1.74 bits per heavy atom. The van der Waals surface area contributed by atoms with Crippen LogP contribution in [0, 0.1) is 5.82 Å². The third kappa shape index (κ3) is 5.93. The maximum atomic E-state index is 13.5. The minimum Gasteiger partial charge on any atom is -0.494 e. The van der Waals surface area contributed by atoms with Crippen molar-refractivity contribution in [2.75, 3.05) is 6.61 Å². The highest BCUT2D eigenvalue weighted by Gasteiger charge is 2.33. The molecule has 0 saturated carbocycles. The van der Waals surface area contributed by atoms with E-state index in [-0.39, 0.29) is 17.0 Å². The first kappa shape index (κ1) is 21.2. The number of hydrogen-bond donors (Lipinski definition) is 1. The number of rotatable bonds is 8. The lowest BCUT2D eigenvalue weighted by molar-refractivity contribution is -0.140. The standard InChI is InChI=1S/C18H19F4NO3S/c1-2-3-10-26-14-5-7-15(8-6-14)27(24,25)23-12-13-4-9-16(17(19)11-13)18(20,21)22/h4-9,11,23H,2-3,10,12H2,1H3. The van der Waals surface area contributed by atoms with Crippen LogP contribution in [0.5, 0.6) is 5.75 Å². The van der Waals surface area contributed by atoms with Crippen LogP contribution < -0.4 is 9.46 Å². The summed E-state index contributed by atoms with van der Waals surface area (Å²) >= 11 is 0. The highest BCUT2D eigenvalue weighted by molar-refractivity contribution is 7.89. The second kappa shape index (κ2) is 8.71. The van der Waals surface area contributed by atoms with E-state index in [1.807, 2.05) is 6.92 Å². The molecular formula is C18H19F4NO3S. The summed E-state index contributed by atoms with van der Waals surface area (Å²) in [7, 11) is -3.90. The Bertz CT molecular complexity index is 865. The zero-order chi connectivity index (χ0) is 20.1. The molecule has 0 aromatic heterocycles. The van der Waals surface area contributed by atoms with Gasteiger partial charge < -0.3 is 4.74 Å². The van der Waals surface area contributed by atoms with E-state index in [0.29, 0.717) is 24.5 Å². The van der Waals surface area contributed by atoms with Crippen molar-refractivity contribution in [1.29, 1.82) is 0 Å². The van der Waals surface area contributed by atoms with E-state index < -0.39 is 27.6 Å². The van der Waals surface area contributed by atoms with Gasteiger partial charge in [0.05, 0.1) is 17.1 Å². The van der Waals surface area contributed by atoms with E-state index in [1.165, 1.54) is 24.3 Å². The third-order valence-corrected chi connectivity index (χ3v) is 5.12. The van der Waals surface area contributed by atoms with E-state index in [9.17, 15) is 26.0 Å². The van der Waals surface area contributed by atoms with Crippen molar-refractivity contribution >= 4 is 10.0 Å². The monoisotopic (exact) mass is 405 g/mol. The molecule has 27 heavy (non-hydrogen) atoms. The summed E-state index contributed by atoms with van der Waals surface area (Å²) in [5, 5.41) is 0. The average Bonchev–Trinajstić information content (AvgIpc) is 2.60. The Balaban J connectivity index is 2.03. The Morgan fingerprint density at radius 3 is 2.30 bits per heavy atom. The summed E-state index contributed by atoms with van der Waals surface area (Å²) in [5.74, 6) is -0.917. The normalized spacial score (nSPS) is 12.2. The third-order valence-electron chi connectivity index (χ3n) is 3.71. The molecule has 0 aliphatic heterocycles. The second-order valence-corrected chi connectivity index (χ2v) is 7.58. The van der Waals surface area contributed by atoms with Gasteiger partial charge >= 0.3 is 6.18 Å². The molecule has 0 unspecified atom stereocenters. The second-order valence-electron chi connectivity index (χ2n) is 5.81. The number of nitrogens with one attached hydrogen (secondary N) is 1. The van der Waals surface area contributed by atoms with Crippen molar-refractivity contribution in [1.82, 2.24) is 4.72 Å². The van der Waals surface area contributed by atoms with Gasteiger partial charge in [-0.1, -0.05) is 19.4 Å². The molecule has 0 amide bonds. The van der Waals surface area contributed by atoms with Crippen LogP contribution in [0.4, 0.5) is 17.6 Å². The molecule has 2 aromatic rings. The lowest BCUT2D eigenvalue weighted by Gasteiger charge is -2.11. The highest BCUT2D eigenvalue weighted by Crippen LogP contribution is 2.31. The van der Waals surface area contributed by atoms with Crippen molar-refractivity contribution in [3.05, 3.63) is 59.4 Å². The number of benzene rings is 2. The van der Waals surface area contributed by atoms with Crippen molar-refractivity contribution in [3.8, 4) is 5.75 Å². The molecule has 148 valence electrons. The van der Waals surface area contributed by atoms with Gasteiger partial charge in [0.1, 0.15) is 11.6 Å². The molecule has 0 spiro atoms. The first-order valence-corrected chi connectivity index (χ1v) is 9.70. The molecule has 0 fully saturated rings. The lowest BCUT2D eigenvalue weighted by Crippen LogP contribution is -2.23. The van der Waals surface area contributed by atoms with Gasteiger partial charge in [0.15, 0.2) is 0 Å². The lowest BCUT2D eigenvalue weighted by atomic mass is 10.1. The molecule has 9 heteroatoms. The van der Waals surface area contributed by atoms with Gasteiger partial charge in [-0.05, 0) is 48.4 Å². The van der Waals surface area contributed by atoms with Crippen LogP contribution in [0.15, 0.2) is 47.4 Å². The van der Waals surface area contributed by atoms with Gasteiger partial charge in [0, 0.05) is 6.54 Å². The van der Waals surface area contributed by atoms with Gasteiger partial charge in [-0.15, -0.1) is 0 Å². The van der Waals surface area contributed by atoms with Gasteiger partial charge in [0.2, 0.25) is 10.0 Å². The van der Waals surface area contributed by atoms with E-state index in [1.54, 1.807) is 0 Å². The van der Waals surface area contributed by atoms with Crippen LogP contribution in [0.25, 0.3) is 0 Å². The number of hydrogen-bond acceptors (Lipinski definition) is 3. The molecule has 4 nitrogen and oxygen atoms in total. The summed E-state index contributed by atoms with van der Waals surface area (Å²) in [6.07, 6.45) is -2.95. The Kier molecular flexibility index (Phi) is 6.83. The SMILES string of the molecule is CCCCOc1ccc(S(=O)(=O)NCc2ccc(C(F)(F)F)c(F)c2)cc1. The van der Waals surface area contributed by atoms with Crippen LogP contribution in [0.2, 0.25) is 0 Å². The zero-order valence-corrected chi connectivity index (χ0v) is 15.3. The van der Waals surface area contributed by atoms with E-state index in [4.69, 9.17) is 4.74 Å². The van der Waals surface area contributed by atoms with Crippen LogP contribution >= 0.6 is 0 Å². The van der Waals surface area contributed by atoms with Crippen LogP contribution in [-0.2, 0) is 22.7 Å². The number of alkyl halides is 3. The fourth-order valence-electron chi connectivity index (χ4n) is 2.21. The Labute approximate surface area is 155 Å². The van der Waals surface area contributed by atoms with Crippen LogP contribution in [0.3, 0.4) is 0 Å². The summed E-state index contributed by atoms with van der Waals surface area (Å²) < 4.78 is 83.4. The maximum Gasteiger partial charge on any atom is 0.419 e. The molecule has 1 N–H and O–H groups in total. The summed E-state index contributed by atoms with van der Waals surface area (Å²) in [6.45, 7) is 2.21. The maximum absolute atomic E-state index is 13.5. The fourth-order valence-corrected chi connectivity index (χ4v) is 3.23. The molecule has 2 rings (SSSR count). The number of sulfonamides is 1. The predicted octanol–water partition coefficient (Wildman–Crippen LogP) is 4.50. The molecule has 0 aliphatic carbocycles. The molecule has 0 heterocycles. The van der Waals surface area contributed by atoms with Gasteiger partial charge in [-0.3, -0.25) is 0 Å². The number of ether oxygens (including phenoxy) is 1. The van der Waals surface area contributed by atoms with Crippen LogP contribution in [0.1, 0.15) is 30.9 Å². The molecule has 0 aliphatic rings. The molecular weight excluding hydrogens is 386 g/mol. The minimum absolute atomic E-state index is 0.0299. The van der Waals surface area contributed by atoms with Crippen molar-refractivity contribution in [3.63, 3.8) is 0 Å². The molecule has 0 atom stereocenters. The van der Waals surface area contributed by atoms with Gasteiger partial charge in [-0.2, -0.15) is 13.2 Å². The van der Waals surface area contributed by atoms with E-state index in [0.717, 1.165) is 18.9 Å². The van der Waals surface area contributed by atoms with Gasteiger partial charge in [0.25, 0.3) is 0 Å². The average molecular weight is 405 g/mol. The summed E-state index contributed by atoms with van der Waals surface area (Å²) in [5.41, 5.74) is -1.32. The smallest absolute Gasteiger partial charge is 0.419 e. The predicted molar refractivity (Wildman–Crippen MR) is 92.3 cm³/mol. The van der Waals surface area contributed by atoms with Crippen molar-refractivity contribution in [2.45, 2.75) is 37.4 Å². The van der Waals surface area contributed by atoms with E-state index >= 15 is 0 Å². The largest absolute Gasteiger partial charge is 0.494 e. The topological polar surface area (TPSA) is 55.4 Å². The Morgan fingerprint density at radius 1 is 1.07 bits per heavy atom. The highest BCUT2D eigenvalue weighted by atomic mass is 32.2. The Hall–Kier alpha value is -2.13. The molecule has 2 aromatic carbocycles. The minimum atomic E-state index is -4.80. The fraction of sp³-hybridized carbons (Fsp3) is 0.333. The van der Waals surface area contributed by atoms with E-state index in [2.05, 4.69) is 4.72 Å². The van der Waals surface area contributed by atoms with Crippen molar-refractivity contribution in [2.24, 2.45) is 0 Å². The molecule has 0 bridgehead atoms. The number of unbranched alkanes of at least 4 members (excludes halogenated alkanes) is 1. The molecule has 0 radical (unpaired) electrons. The first-order valence-electron chi connectivity index (χ1n) is 8.21. The zero-order valence-electron chi connectivity index (χ0n) is 14.5. The molecule has 0 saturated heterocycles. The summed E-state index contributed by atoms with van der Waals surface area (Å²) in [6, 6.07) is 8.02. The van der Waals surface area contributed by atoms with Crippen molar-refractivity contribution < 1.29 is 30.7 Å². The van der Waals surface area contributed by atoms with Crippen LogP contribution in [-0.4, -0.2) is 15.0 Å². The summed E-state index contributed by atoms with van der Waals surface area (Å²) in [4.78, 5) is -0.0299.